The highest BCUT2D eigenvalue weighted by molar-refractivity contribution is 7.80. The van der Waals surface area contributed by atoms with Crippen LogP contribution in [0.5, 0.6) is 0 Å². The number of hydrogen-bond acceptors (Lipinski definition) is 3. The number of anilines is 1. The normalized spacial score (nSPS) is 12.3. The van der Waals surface area contributed by atoms with Crippen LogP contribution in [0.25, 0.3) is 10.2 Å². The summed E-state index contributed by atoms with van der Waals surface area (Å²) in [6.07, 6.45) is 3.26. The Balaban J connectivity index is 2.03. The van der Waals surface area contributed by atoms with E-state index in [1.807, 2.05) is 12.1 Å². The summed E-state index contributed by atoms with van der Waals surface area (Å²) in [6.45, 7) is 6.46. The summed E-state index contributed by atoms with van der Waals surface area (Å²) in [6, 6.07) is 6.59. The van der Waals surface area contributed by atoms with E-state index in [1.54, 1.807) is 11.3 Å². The Morgan fingerprint density at radius 1 is 1.40 bits per heavy atom. The van der Waals surface area contributed by atoms with Crippen LogP contribution in [-0.2, 0) is 6.42 Å². The van der Waals surface area contributed by atoms with Crippen LogP contribution in [-0.4, -0.2) is 16.1 Å². The van der Waals surface area contributed by atoms with Gasteiger partial charge in [0.15, 0.2) is 5.11 Å². The minimum atomic E-state index is 0.402. The second kappa shape index (κ2) is 6.99. The fourth-order valence-electron chi connectivity index (χ4n) is 2.10. The molecule has 1 heterocycles. The number of thiocarbonyl (C=S) groups is 1. The quantitative estimate of drug-likeness (QED) is 0.806. The van der Waals surface area contributed by atoms with Gasteiger partial charge in [0.1, 0.15) is 0 Å². The molecule has 0 amide bonds. The first-order valence-corrected chi connectivity index (χ1v) is 8.31. The molecule has 1 aromatic carbocycles. The van der Waals surface area contributed by atoms with Crippen LogP contribution in [0.2, 0.25) is 0 Å². The largest absolute Gasteiger partial charge is 0.360 e. The maximum atomic E-state index is 5.34. The average molecular weight is 307 g/mol. The summed E-state index contributed by atoms with van der Waals surface area (Å²) in [7, 11) is 0. The predicted octanol–water partition coefficient (Wildman–Crippen LogP) is 4.33. The molecule has 1 aromatic heterocycles. The van der Waals surface area contributed by atoms with Crippen molar-refractivity contribution in [2.45, 2.75) is 46.1 Å². The van der Waals surface area contributed by atoms with E-state index >= 15 is 0 Å². The Morgan fingerprint density at radius 2 is 2.20 bits per heavy atom. The summed E-state index contributed by atoms with van der Waals surface area (Å²) < 4.78 is 1.20. The number of fused-ring (bicyclic) bond motifs is 1. The highest BCUT2D eigenvalue weighted by Gasteiger charge is 2.06. The monoisotopic (exact) mass is 307 g/mol. The van der Waals surface area contributed by atoms with Gasteiger partial charge in [-0.15, -0.1) is 11.3 Å². The van der Waals surface area contributed by atoms with E-state index in [9.17, 15) is 0 Å². The van der Waals surface area contributed by atoms with Crippen molar-refractivity contribution in [3.05, 3.63) is 23.2 Å². The number of benzene rings is 1. The molecule has 0 radical (unpaired) electrons. The van der Waals surface area contributed by atoms with Crippen molar-refractivity contribution < 1.29 is 0 Å². The van der Waals surface area contributed by atoms with E-state index in [0.29, 0.717) is 11.2 Å². The lowest BCUT2D eigenvalue weighted by Gasteiger charge is -2.16. The molecule has 0 bridgehead atoms. The van der Waals surface area contributed by atoms with E-state index in [-0.39, 0.29) is 0 Å². The van der Waals surface area contributed by atoms with Crippen LogP contribution in [0.3, 0.4) is 0 Å². The second-order valence-electron chi connectivity index (χ2n) is 4.93. The fourth-order valence-corrected chi connectivity index (χ4v) is 3.36. The molecule has 2 aromatic rings. The van der Waals surface area contributed by atoms with E-state index in [1.165, 1.54) is 9.71 Å². The van der Waals surface area contributed by atoms with Crippen LogP contribution >= 0.6 is 23.6 Å². The summed E-state index contributed by atoms with van der Waals surface area (Å²) in [4.78, 5) is 4.57. The summed E-state index contributed by atoms with van der Waals surface area (Å²) >= 11 is 7.09. The Bertz CT molecular complexity index is 592. The number of aryl methyl sites for hydroxylation is 1. The molecule has 0 saturated carbocycles. The highest BCUT2D eigenvalue weighted by Crippen LogP contribution is 2.25. The predicted molar refractivity (Wildman–Crippen MR) is 92.7 cm³/mol. The van der Waals surface area contributed by atoms with Crippen molar-refractivity contribution in [1.29, 1.82) is 0 Å². The minimum Gasteiger partial charge on any atom is -0.360 e. The van der Waals surface area contributed by atoms with Crippen molar-refractivity contribution in [3.8, 4) is 0 Å². The Kier molecular flexibility index (Phi) is 5.31. The molecule has 3 nitrogen and oxygen atoms in total. The van der Waals surface area contributed by atoms with Crippen molar-refractivity contribution in [1.82, 2.24) is 10.3 Å². The standard InChI is InChI=1S/C15H21N3S2/c1-4-6-10(3)16-15(19)17-11-7-8-12-13(9-11)20-14(5-2)18-12/h7-10H,4-6H2,1-3H3,(H2,16,17,19)/t10-/m0/s1. The van der Waals surface area contributed by atoms with Crippen LogP contribution in [0.15, 0.2) is 18.2 Å². The number of hydrogen-bond donors (Lipinski definition) is 2. The molecule has 1 atom stereocenters. The highest BCUT2D eigenvalue weighted by atomic mass is 32.1. The number of thiazole rings is 1. The van der Waals surface area contributed by atoms with Crippen molar-refractivity contribution in [2.24, 2.45) is 0 Å². The van der Waals surface area contributed by atoms with Crippen LogP contribution in [0.1, 0.15) is 38.6 Å². The number of nitrogens with one attached hydrogen (secondary N) is 2. The zero-order valence-electron chi connectivity index (χ0n) is 12.2. The van der Waals surface area contributed by atoms with Gasteiger partial charge >= 0.3 is 0 Å². The van der Waals surface area contributed by atoms with E-state index in [0.717, 1.165) is 30.5 Å². The van der Waals surface area contributed by atoms with E-state index in [2.05, 4.69) is 42.5 Å². The van der Waals surface area contributed by atoms with Crippen LogP contribution < -0.4 is 10.6 Å². The van der Waals surface area contributed by atoms with E-state index < -0.39 is 0 Å². The molecule has 0 saturated heterocycles. The second-order valence-corrected chi connectivity index (χ2v) is 6.46. The first-order valence-electron chi connectivity index (χ1n) is 7.09. The van der Waals surface area contributed by atoms with Gasteiger partial charge in [0, 0.05) is 11.7 Å². The molecule has 20 heavy (non-hydrogen) atoms. The topological polar surface area (TPSA) is 37.0 Å². The Labute approximate surface area is 129 Å². The number of rotatable bonds is 5. The smallest absolute Gasteiger partial charge is 0.170 e. The first-order chi connectivity index (χ1) is 9.62. The zero-order valence-corrected chi connectivity index (χ0v) is 13.8. The van der Waals surface area contributed by atoms with Crippen molar-refractivity contribution in [3.63, 3.8) is 0 Å². The van der Waals surface area contributed by atoms with Crippen molar-refractivity contribution in [2.75, 3.05) is 5.32 Å². The molecular formula is C15H21N3S2. The molecule has 0 aliphatic carbocycles. The molecule has 0 spiro atoms. The molecule has 0 aliphatic rings. The number of nitrogens with zero attached hydrogens (tertiary/aromatic N) is 1. The van der Waals surface area contributed by atoms with Gasteiger partial charge in [-0.3, -0.25) is 0 Å². The first kappa shape index (κ1) is 15.2. The molecule has 0 aliphatic heterocycles. The maximum absolute atomic E-state index is 5.34. The van der Waals surface area contributed by atoms with E-state index in [4.69, 9.17) is 12.2 Å². The van der Waals surface area contributed by atoms with Crippen molar-refractivity contribution >= 4 is 44.6 Å². The third kappa shape index (κ3) is 3.90. The molecule has 2 N–H and O–H groups in total. The van der Waals surface area contributed by atoms with Gasteiger partial charge in [-0.05, 0) is 50.2 Å². The summed E-state index contributed by atoms with van der Waals surface area (Å²) in [5.41, 5.74) is 2.08. The molecule has 108 valence electrons. The zero-order chi connectivity index (χ0) is 14.5. The fraction of sp³-hybridized carbons (Fsp3) is 0.467. The third-order valence-electron chi connectivity index (χ3n) is 3.09. The lowest BCUT2D eigenvalue weighted by atomic mass is 10.2. The Hall–Kier alpha value is -1.20. The molecule has 2 rings (SSSR count). The minimum absolute atomic E-state index is 0.402. The molecule has 5 heteroatoms. The lowest BCUT2D eigenvalue weighted by Crippen LogP contribution is -2.35. The Morgan fingerprint density at radius 3 is 2.90 bits per heavy atom. The van der Waals surface area contributed by atoms with Crippen LogP contribution in [0.4, 0.5) is 5.69 Å². The van der Waals surface area contributed by atoms with Gasteiger partial charge in [-0.1, -0.05) is 20.3 Å². The van der Waals surface area contributed by atoms with Gasteiger partial charge in [0.25, 0.3) is 0 Å². The SMILES string of the molecule is CCC[C@H](C)NC(=S)Nc1ccc2nc(CC)sc2c1. The van der Waals surface area contributed by atoms with Gasteiger partial charge < -0.3 is 10.6 Å². The van der Waals surface area contributed by atoms with Gasteiger partial charge in [-0.2, -0.15) is 0 Å². The maximum Gasteiger partial charge on any atom is 0.170 e. The summed E-state index contributed by atoms with van der Waals surface area (Å²) in [5.74, 6) is 0. The summed E-state index contributed by atoms with van der Waals surface area (Å²) in [5, 5.41) is 8.41. The van der Waals surface area contributed by atoms with Gasteiger partial charge in [0.05, 0.1) is 15.2 Å². The van der Waals surface area contributed by atoms with Gasteiger partial charge in [-0.25, -0.2) is 4.98 Å². The molecular weight excluding hydrogens is 286 g/mol. The number of aromatic nitrogens is 1. The van der Waals surface area contributed by atoms with Gasteiger partial charge in [0.2, 0.25) is 0 Å². The van der Waals surface area contributed by atoms with Crippen LogP contribution in [0, 0.1) is 0 Å². The lowest BCUT2D eigenvalue weighted by molar-refractivity contribution is 0.599. The third-order valence-corrected chi connectivity index (χ3v) is 4.47. The molecule has 0 fully saturated rings. The molecule has 0 unspecified atom stereocenters. The average Bonchev–Trinajstić information content (AvgIpc) is 2.80.